The average Bonchev–Trinajstić information content (AvgIpc) is 2.74. The van der Waals surface area contributed by atoms with Crippen molar-refractivity contribution in [2.24, 2.45) is 5.73 Å². The van der Waals surface area contributed by atoms with Crippen LogP contribution in [-0.2, 0) is 5.54 Å². The van der Waals surface area contributed by atoms with Crippen LogP contribution in [0.5, 0.6) is 0 Å². The molecule has 2 nitrogen and oxygen atoms in total. The summed E-state index contributed by atoms with van der Waals surface area (Å²) in [6, 6.07) is 7.79. The van der Waals surface area contributed by atoms with E-state index in [1.165, 1.54) is 0 Å². The normalized spacial score (nSPS) is 12.2. The first-order valence-corrected chi connectivity index (χ1v) is 7.55. The van der Waals surface area contributed by atoms with Crippen molar-refractivity contribution in [2.45, 2.75) is 39.2 Å². The predicted octanol–water partition coefficient (Wildman–Crippen LogP) is 4.78. The minimum absolute atomic E-state index is 0.352. The minimum Gasteiger partial charge on any atom is -0.321 e. The van der Waals surface area contributed by atoms with Crippen LogP contribution in [-0.4, -0.2) is 4.98 Å². The number of hydrogen-bond acceptors (Lipinski definition) is 3. The van der Waals surface area contributed by atoms with Gasteiger partial charge >= 0.3 is 0 Å². The first-order chi connectivity index (χ1) is 8.80. The van der Waals surface area contributed by atoms with Crippen molar-refractivity contribution in [1.82, 2.24) is 4.98 Å². The van der Waals surface area contributed by atoms with Gasteiger partial charge in [0.15, 0.2) is 0 Å². The summed E-state index contributed by atoms with van der Waals surface area (Å²) in [5, 5.41) is 1.68. The Morgan fingerprint density at radius 1 is 1.26 bits per heavy atom. The van der Waals surface area contributed by atoms with Crippen molar-refractivity contribution >= 4 is 22.9 Å². The molecule has 0 fully saturated rings. The fourth-order valence-electron chi connectivity index (χ4n) is 1.93. The van der Waals surface area contributed by atoms with Gasteiger partial charge in [0.2, 0.25) is 0 Å². The van der Waals surface area contributed by atoms with E-state index in [-0.39, 0.29) is 5.54 Å². The summed E-state index contributed by atoms with van der Waals surface area (Å²) in [5.74, 6) is 0.352. The van der Waals surface area contributed by atoms with Crippen molar-refractivity contribution in [2.75, 3.05) is 0 Å². The largest absolute Gasteiger partial charge is 0.321 e. The van der Waals surface area contributed by atoms with Gasteiger partial charge in [-0.3, -0.25) is 0 Å². The number of rotatable bonds is 3. The summed E-state index contributed by atoms with van der Waals surface area (Å²) < 4.78 is 0. The zero-order chi connectivity index (χ0) is 14.2. The monoisotopic (exact) mass is 294 g/mol. The molecule has 0 unspecified atom stereocenters. The fraction of sp³-hybridized carbons (Fsp3) is 0.400. The Labute approximate surface area is 123 Å². The topological polar surface area (TPSA) is 38.9 Å². The van der Waals surface area contributed by atoms with Gasteiger partial charge in [-0.1, -0.05) is 43.6 Å². The lowest BCUT2D eigenvalue weighted by molar-refractivity contribution is 0.553. The second-order valence-electron chi connectivity index (χ2n) is 5.59. The van der Waals surface area contributed by atoms with Gasteiger partial charge in [0.1, 0.15) is 5.01 Å². The maximum absolute atomic E-state index is 6.26. The average molecular weight is 295 g/mol. The van der Waals surface area contributed by atoms with Crippen LogP contribution in [0.2, 0.25) is 5.02 Å². The van der Waals surface area contributed by atoms with Crippen LogP contribution >= 0.6 is 22.9 Å². The van der Waals surface area contributed by atoms with E-state index in [4.69, 9.17) is 22.3 Å². The van der Waals surface area contributed by atoms with Crippen molar-refractivity contribution in [3.8, 4) is 10.6 Å². The van der Waals surface area contributed by atoms with Crippen LogP contribution in [0.4, 0.5) is 0 Å². The van der Waals surface area contributed by atoms with Gasteiger partial charge < -0.3 is 5.73 Å². The van der Waals surface area contributed by atoms with E-state index in [0.717, 1.165) is 26.2 Å². The van der Waals surface area contributed by atoms with E-state index >= 15 is 0 Å². The second kappa shape index (κ2) is 5.23. The SMILES string of the molecule is CC(C)c1nc(-c2ccccc2Cl)sc1C(C)(C)N. The molecule has 0 saturated heterocycles. The van der Waals surface area contributed by atoms with Crippen molar-refractivity contribution in [1.29, 1.82) is 0 Å². The fourth-order valence-corrected chi connectivity index (χ4v) is 3.49. The molecule has 0 radical (unpaired) electrons. The molecule has 0 amide bonds. The summed E-state index contributed by atoms with van der Waals surface area (Å²) in [7, 11) is 0. The van der Waals surface area contributed by atoms with Gasteiger partial charge in [-0.05, 0) is 25.8 Å². The number of benzene rings is 1. The van der Waals surface area contributed by atoms with Crippen LogP contribution in [0.1, 0.15) is 44.2 Å². The third-order valence-electron chi connectivity index (χ3n) is 2.89. The smallest absolute Gasteiger partial charge is 0.125 e. The summed E-state index contributed by atoms with van der Waals surface area (Å²) in [6.07, 6.45) is 0. The van der Waals surface area contributed by atoms with Gasteiger partial charge in [0, 0.05) is 16.0 Å². The van der Waals surface area contributed by atoms with E-state index in [2.05, 4.69) is 13.8 Å². The lowest BCUT2D eigenvalue weighted by atomic mass is 9.98. The zero-order valence-electron chi connectivity index (χ0n) is 11.7. The molecular formula is C15H19ClN2S. The van der Waals surface area contributed by atoms with Crippen LogP contribution in [0.25, 0.3) is 10.6 Å². The van der Waals surface area contributed by atoms with Crippen LogP contribution in [0.15, 0.2) is 24.3 Å². The highest BCUT2D eigenvalue weighted by Gasteiger charge is 2.25. The number of nitrogens with zero attached hydrogens (tertiary/aromatic N) is 1. The van der Waals surface area contributed by atoms with Gasteiger partial charge in [-0.25, -0.2) is 4.98 Å². The number of hydrogen-bond donors (Lipinski definition) is 1. The lowest BCUT2D eigenvalue weighted by Crippen LogP contribution is -2.28. The molecule has 19 heavy (non-hydrogen) atoms. The molecule has 0 atom stereocenters. The number of nitrogens with two attached hydrogens (primary N) is 1. The first-order valence-electron chi connectivity index (χ1n) is 6.35. The second-order valence-corrected chi connectivity index (χ2v) is 7.00. The molecule has 0 saturated carbocycles. The van der Waals surface area contributed by atoms with E-state index in [9.17, 15) is 0 Å². The first kappa shape index (κ1) is 14.5. The molecule has 1 heterocycles. The highest BCUT2D eigenvalue weighted by molar-refractivity contribution is 7.15. The third kappa shape index (κ3) is 2.99. The number of aromatic nitrogens is 1. The van der Waals surface area contributed by atoms with Gasteiger partial charge in [-0.2, -0.15) is 0 Å². The molecule has 0 aliphatic carbocycles. The van der Waals surface area contributed by atoms with Crippen molar-refractivity contribution < 1.29 is 0 Å². The summed E-state index contributed by atoms with van der Waals surface area (Å²) in [6.45, 7) is 8.31. The third-order valence-corrected chi connectivity index (χ3v) is 4.66. The molecule has 2 N–H and O–H groups in total. The Morgan fingerprint density at radius 3 is 2.37 bits per heavy atom. The zero-order valence-corrected chi connectivity index (χ0v) is 13.3. The molecule has 4 heteroatoms. The Bertz CT molecular complexity index is 582. The Kier molecular flexibility index (Phi) is 4.00. The molecule has 2 rings (SSSR count). The molecule has 0 bridgehead atoms. The predicted molar refractivity (Wildman–Crippen MR) is 83.9 cm³/mol. The van der Waals surface area contributed by atoms with E-state index in [1.807, 2.05) is 38.1 Å². The van der Waals surface area contributed by atoms with E-state index in [0.29, 0.717) is 5.92 Å². The van der Waals surface area contributed by atoms with Gasteiger partial charge in [-0.15, -0.1) is 11.3 Å². The molecular weight excluding hydrogens is 276 g/mol. The maximum Gasteiger partial charge on any atom is 0.125 e. The van der Waals surface area contributed by atoms with Crippen molar-refractivity contribution in [3.05, 3.63) is 39.9 Å². The highest BCUT2D eigenvalue weighted by Crippen LogP contribution is 2.38. The molecule has 2 aromatic rings. The number of halogens is 1. The molecule has 0 spiro atoms. The van der Waals surface area contributed by atoms with Crippen LogP contribution in [0, 0.1) is 0 Å². The van der Waals surface area contributed by atoms with Crippen LogP contribution in [0.3, 0.4) is 0 Å². The van der Waals surface area contributed by atoms with Crippen molar-refractivity contribution in [3.63, 3.8) is 0 Å². The Balaban J connectivity index is 2.59. The quantitative estimate of drug-likeness (QED) is 0.884. The Hall–Kier alpha value is -0.900. The molecule has 1 aromatic heterocycles. The van der Waals surface area contributed by atoms with Gasteiger partial charge in [0.25, 0.3) is 0 Å². The van der Waals surface area contributed by atoms with E-state index in [1.54, 1.807) is 11.3 Å². The summed E-state index contributed by atoms with van der Waals surface area (Å²) in [5.41, 5.74) is 7.94. The molecule has 1 aromatic carbocycles. The Morgan fingerprint density at radius 2 is 1.89 bits per heavy atom. The lowest BCUT2D eigenvalue weighted by Gasteiger charge is -2.19. The summed E-state index contributed by atoms with van der Waals surface area (Å²) in [4.78, 5) is 5.90. The highest BCUT2D eigenvalue weighted by atomic mass is 35.5. The maximum atomic E-state index is 6.26. The van der Waals surface area contributed by atoms with Crippen LogP contribution < -0.4 is 5.73 Å². The standard InChI is InChI=1S/C15H19ClN2S/c1-9(2)12-13(15(3,4)17)19-14(18-12)10-7-5-6-8-11(10)16/h5-9H,17H2,1-4H3. The van der Waals surface area contributed by atoms with E-state index < -0.39 is 0 Å². The molecule has 0 aliphatic rings. The summed E-state index contributed by atoms with van der Waals surface area (Å²) >= 11 is 7.89. The molecule has 102 valence electrons. The number of thiazole rings is 1. The molecule has 0 aliphatic heterocycles. The van der Waals surface area contributed by atoms with Gasteiger partial charge in [0.05, 0.1) is 10.7 Å². The minimum atomic E-state index is -0.378.